The van der Waals surface area contributed by atoms with E-state index in [9.17, 15) is 4.79 Å². The summed E-state index contributed by atoms with van der Waals surface area (Å²) in [5.41, 5.74) is 2.96. The normalized spacial score (nSPS) is 11.4. The van der Waals surface area contributed by atoms with Crippen molar-refractivity contribution in [3.05, 3.63) is 78.4 Å². The van der Waals surface area contributed by atoms with Crippen LogP contribution in [0.4, 0.5) is 0 Å². The molecule has 0 unspecified atom stereocenters. The molecule has 0 atom stereocenters. The smallest absolute Gasteiger partial charge is 0.332 e. The Balaban J connectivity index is 2.21. The molecular weight excluding hydrogens is 288 g/mol. The molecule has 3 rings (SSSR count). The Hall–Kier alpha value is -3.07. The molecule has 3 aromatic rings. The summed E-state index contributed by atoms with van der Waals surface area (Å²) in [6, 6.07) is 22.0. The standard InChI is InChI=1S/C20H16O3/c1-23-19(13-20(21)22)17-9-5-8-15-10-11-16(12-18(15)17)14-6-3-2-4-7-14/h2-13H,1H3,(H,21,22). The lowest BCUT2D eigenvalue weighted by Gasteiger charge is -2.11. The molecule has 23 heavy (non-hydrogen) atoms. The molecule has 0 bridgehead atoms. The SMILES string of the molecule is COC(=CC(=O)O)c1cccc2ccc(-c3ccccc3)cc12. The fraction of sp³-hybridized carbons (Fsp3) is 0.0500. The lowest BCUT2D eigenvalue weighted by molar-refractivity contribution is -0.131. The lowest BCUT2D eigenvalue weighted by Crippen LogP contribution is -1.95. The predicted octanol–water partition coefficient (Wildman–Crippen LogP) is 4.58. The summed E-state index contributed by atoms with van der Waals surface area (Å²) in [6.45, 7) is 0. The van der Waals surface area contributed by atoms with Crippen LogP contribution < -0.4 is 0 Å². The molecule has 114 valence electrons. The first-order valence-electron chi connectivity index (χ1n) is 7.26. The van der Waals surface area contributed by atoms with E-state index >= 15 is 0 Å². The molecule has 0 spiro atoms. The summed E-state index contributed by atoms with van der Waals surface area (Å²) in [6.07, 6.45) is 1.09. The van der Waals surface area contributed by atoms with Crippen LogP contribution in [0.5, 0.6) is 0 Å². The number of fused-ring (bicyclic) bond motifs is 1. The van der Waals surface area contributed by atoms with Crippen LogP contribution >= 0.6 is 0 Å². The van der Waals surface area contributed by atoms with Gasteiger partial charge in [-0.25, -0.2) is 4.79 Å². The van der Waals surface area contributed by atoms with Gasteiger partial charge in [-0.2, -0.15) is 0 Å². The van der Waals surface area contributed by atoms with Gasteiger partial charge in [0.15, 0.2) is 0 Å². The Morgan fingerprint density at radius 2 is 1.74 bits per heavy atom. The highest BCUT2D eigenvalue weighted by Gasteiger charge is 2.10. The second-order valence-corrected chi connectivity index (χ2v) is 5.16. The zero-order valence-corrected chi connectivity index (χ0v) is 12.7. The van der Waals surface area contributed by atoms with E-state index < -0.39 is 5.97 Å². The summed E-state index contributed by atoms with van der Waals surface area (Å²) < 4.78 is 5.28. The number of hydrogen-bond donors (Lipinski definition) is 1. The third kappa shape index (κ3) is 3.09. The predicted molar refractivity (Wildman–Crippen MR) is 92.0 cm³/mol. The monoisotopic (exact) mass is 304 g/mol. The Bertz CT molecular complexity index is 880. The van der Waals surface area contributed by atoms with Crippen molar-refractivity contribution in [1.82, 2.24) is 0 Å². The maximum absolute atomic E-state index is 11.0. The van der Waals surface area contributed by atoms with Crippen LogP contribution in [0.1, 0.15) is 5.56 Å². The molecule has 0 aliphatic heterocycles. The topological polar surface area (TPSA) is 46.5 Å². The van der Waals surface area contributed by atoms with Gasteiger partial charge in [-0.15, -0.1) is 0 Å². The zero-order valence-electron chi connectivity index (χ0n) is 12.7. The molecule has 0 radical (unpaired) electrons. The summed E-state index contributed by atoms with van der Waals surface area (Å²) in [5.74, 6) is -0.689. The number of methoxy groups -OCH3 is 1. The van der Waals surface area contributed by atoms with Gasteiger partial charge < -0.3 is 9.84 Å². The number of hydrogen-bond acceptors (Lipinski definition) is 2. The molecule has 0 aromatic heterocycles. The molecule has 0 saturated carbocycles. The van der Waals surface area contributed by atoms with Crippen molar-refractivity contribution in [3.63, 3.8) is 0 Å². The Morgan fingerprint density at radius 3 is 2.43 bits per heavy atom. The summed E-state index contributed by atoms with van der Waals surface area (Å²) >= 11 is 0. The molecule has 0 amide bonds. The molecule has 3 heteroatoms. The molecule has 0 aliphatic rings. The maximum atomic E-state index is 11.0. The molecule has 0 saturated heterocycles. The highest BCUT2D eigenvalue weighted by molar-refractivity contribution is 5.98. The quantitative estimate of drug-likeness (QED) is 0.567. The van der Waals surface area contributed by atoms with E-state index in [2.05, 4.69) is 12.1 Å². The Labute approximate surface area is 134 Å². The number of aliphatic carboxylic acids is 1. The van der Waals surface area contributed by atoms with Crippen LogP contribution in [0.3, 0.4) is 0 Å². The Morgan fingerprint density at radius 1 is 0.957 bits per heavy atom. The number of rotatable bonds is 4. The molecule has 3 aromatic carbocycles. The van der Waals surface area contributed by atoms with Crippen LogP contribution in [0.2, 0.25) is 0 Å². The lowest BCUT2D eigenvalue weighted by atomic mass is 9.97. The van der Waals surface area contributed by atoms with Crippen LogP contribution in [0.25, 0.3) is 27.7 Å². The minimum absolute atomic E-state index is 0.341. The van der Waals surface area contributed by atoms with Gasteiger partial charge >= 0.3 is 5.97 Å². The van der Waals surface area contributed by atoms with Crippen LogP contribution in [0, 0.1) is 0 Å². The average molecular weight is 304 g/mol. The van der Waals surface area contributed by atoms with Crippen molar-refractivity contribution < 1.29 is 14.6 Å². The van der Waals surface area contributed by atoms with Crippen molar-refractivity contribution in [1.29, 1.82) is 0 Å². The van der Waals surface area contributed by atoms with E-state index in [0.29, 0.717) is 5.76 Å². The second-order valence-electron chi connectivity index (χ2n) is 5.16. The van der Waals surface area contributed by atoms with Gasteiger partial charge in [0.25, 0.3) is 0 Å². The first kappa shape index (κ1) is 14.9. The molecule has 0 aliphatic carbocycles. The number of carboxylic acids is 1. The number of benzene rings is 3. The highest BCUT2D eigenvalue weighted by Crippen LogP contribution is 2.30. The van der Waals surface area contributed by atoms with Gasteiger partial charge in [-0.1, -0.05) is 60.7 Å². The van der Waals surface area contributed by atoms with Crippen LogP contribution in [0.15, 0.2) is 72.8 Å². The fourth-order valence-electron chi connectivity index (χ4n) is 2.66. The summed E-state index contributed by atoms with van der Waals surface area (Å²) in [5, 5.41) is 11.0. The van der Waals surface area contributed by atoms with Gasteiger partial charge in [0.1, 0.15) is 5.76 Å². The van der Waals surface area contributed by atoms with Crippen molar-refractivity contribution in [2.75, 3.05) is 7.11 Å². The summed E-state index contributed by atoms with van der Waals surface area (Å²) in [7, 11) is 1.48. The molecule has 3 nitrogen and oxygen atoms in total. The van der Waals surface area contributed by atoms with E-state index in [1.54, 1.807) is 0 Å². The van der Waals surface area contributed by atoms with Gasteiger partial charge in [-0.3, -0.25) is 0 Å². The van der Waals surface area contributed by atoms with Gasteiger partial charge in [0.2, 0.25) is 0 Å². The van der Waals surface area contributed by atoms with E-state index in [1.807, 2.05) is 54.6 Å². The minimum Gasteiger partial charge on any atom is -0.496 e. The Kier molecular flexibility index (Phi) is 4.11. The van der Waals surface area contributed by atoms with E-state index in [0.717, 1.165) is 33.5 Å². The maximum Gasteiger partial charge on any atom is 0.332 e. The van der Waals surface area contributed by atoms with Crippen molar-refractivity contribution in [2.24, 2.45) is 0 Å². The van der Waals surface area contributed by atoms with Crippen molar-refractivity contribution in [3.8, 4) is 11.1 Å². The minimum atomic E-state index is -1.03. The van der Waals surface area contributed by atoms with E-state index in [4.69, 9.17) is 9.84 Å². The number of carboxylic acid groups (broad SMARTS) is 1. The fourth-order valence-corrected chi connectivity index (χ4v) is 2.66. The molecule has 0 fully saturated rings. The van der Waals surface area contributed by atoms with E-state index in [-0.39, 0.29) is 0 Å². The largest absolute Gasteiger partial charge is 0.496 e. The van der Waals surface area contributed by atoms with Gasteiger partial charge in [0, 0.05) is 5.56 Å². The van der Waals surface area contributed by atoms with Crippen molar-refractivity contribution in [2.45, 2.75) is 0 Å². The van der Waals surface area contributed by atoms with Gasteiger partial charge in [0.05, 0.1) is 13.2 Å². The average Bonchev–Trinajstić information content (AvgIpc) is 2.59. The van der Waals surface area contributed by atoms with Crippen LogP contribution in [-0.4, -0.2) is 18.2 Å². The molecular formula is C20H16O3. The van der Waals surface area contributed by atoms with E-state index in [1.165, 1.54) is 7.11 Å². The van der Waals surface area contributed by atoms with Crippen LogP contribution in [-0.2, 0) is 9.53 Å². The first-order valence-corrected chi connectivity index (χ1v) is 7.26. The first-order chi connectivity index (χ1) is 11.2. The highest BCUT2D eigenvalue weighted by atomic mass is 16.5. The van der Waals surface area contributed by atoms with Crippen molar-refractivity contribution >= 4 is 22.5 Å². The summed E-state index contributed by atoms with van der Waals surface area (Å²) in [4.78, 5) is 11.0. The zero-order chi connectivity index (χ0) is 16.2. The molecule has 1 N–H and O–H groups in total. The third-order valence-corrected chi connectivity index (χ3v) is 3.73. The van der Waals surface area contributed by atoms with Gasteiger partial charge in [-0.05, 0) is 28.0 Å². The number of carbonyl (C=O) groups is 1. The third-order valence-electron chi connectivity index (χ3n) is 3.73. The second kappa shape index (κ2) is 6.36. The molecule has 0 heterocycles. The number of ether oxygens (including phenoxy) is 1.